The Morgan fingerprint density at radius 1 is 0.556 bits per heavy atom. The molecule has 0 aromatic heterocycles. The first-order valence-corrected chi connectivity index (χ1v) is 6.28. The quantitative estimate of drug-likeness (QED) is 0.837. The van der Waals surface area contributed by atoms with Gasteiger partial charge in [-0.25, -0.2) is 0 Å². The SMILES string of the molecule is c1ccc(C2=C(c3ccccc3)NCCN2)cc1. The van der Waals surface area contributed by atoms with Crippen molar-refractivity contribution in [1.29, 1.82) is 0 Å². The maximum absolute atomic E-state index is 3.50. The summed E-state index contributed by atoms with van der Waals surface area (Å²) in [6.07, 6.45) is 0. The fourth-order valence-corrected chi connectivity index (χ4v) is 2.25. The minimum atomic E-state index is 0.959. The summed E-state index contributed by atoms with van der Waals surface area (Å²) < 4.78 is 0. The first-order chi connectivity index (χ1) is 8.95. The summed E-state index contributed by atoms with van der Waals surface area (Å²) in [6, 6.07) is 20.9. The highest BCUT2D eigenvalue weighted by molar-refractivity contribution is 5.89. The van der Waals surface area contributed by atoms with Crippen LogP contribution in [0.25, 0.3) is 11.4 Å². The average molecular weight is 236 g/mol. The van der Waals surface area contributed by atoms with Gasteiger partial charge >= 0.3 is 0 Å². The van der Waals surface area contributed by atoms with Gasteiger partial charge in [-0.05, 0) is 11.1 Å². The van der Waals surface area contributed by atoms with Gasteiger partial charge in [-0.15, -0.1) is 0 Å². The van der Waals surface area contributed by atoms with E-state index in [2.05, 4.69) is 59.2 Å². The second-order valence-corrected chi connectivity index (χ2v) is 4.34. The summed E-state index contributed by atoms with van der Waals surface area (Å²) in [4.78, 5) is 0. The van der Waals surface area contributed by atoms with Gasteiger partial charge in [0.1, 0.15) is 0 Å². The van der Waals surface area contributed by atoms with Crippen molar-refractivity contribution in [2.24, 2.45) is 0 Å². The van der Waals surface area contributed by atoms with Crippen LogP contribution >= 0.6 is 0 Å². The largest absolute Gasteiger partial charge is 0.381 e. The topological polar surface area (TPSA) is 24.1 Å². The zero-order valence-corrected chi connectivity index (χ0v) is 10.2. The molecule has 2 N–H and O–H groups in total. The Hall–Kier alpha value is -2.22. The van der Waals surface area contributed by atoms with Gasteiger partial charge in [0.15, 0.2) is 0 Å². The van der Waals surface area contributed by atoms with E-state index in [4.69, 9.17) is 0 Å². The minimum Gasteiger partial charge on any atom is -0.381 e. The van der Waals surface area contributed by atoms with E-state index in [0.717, 1.165) is 13.1 Å². The number of hydrogen-bond acceptors (Lipinski definition) is 2. The van der Waals surface area contributed by atoms with Crippen LogP contribution in [0.3, 0.4) is 0 Å². The molecule has 18 heavy (non-hydrogen) atoms. The average Bonchev–Trinajstić information content (AvgIpc) is 2.49. The molecule has 1 aliphatic rings. The molecule has 0 aliphatic carbocycles. The third kappa shape index (κ3) is 2.09. The Labute approximate surface area is 107 Å². The van der Waals surface area contributed by atoms with Crippen molar-refractivity contribution >= 4 is 11.4 Å². The van der Waals surface area contributed by atoms with Crippen LogP contribution in [-0.4, -0.2) is 13.1 Å². The molecule has 2 aromatic carbocycles. The van der Waals surface area contributed by atoms with Crippen molar-refractivity contribution in [2.45, 2.75) is 0 Å². The van der Waals surface area contributed by atoms with Gasteiger partial charge in [0.25, 0.3) is 0 Å². The molecule has 0 saturated heterocycles. The lowest BCUT2D eigenvalue weighted by Crippen LogP contribution is -2.33. The van der Waals surface area contributed by atoms with E-state index in [1.165, 1.54) is 22.5 Å². The van der Waals surface area contributed by atoms with E-state index in [-0.39, 0.29) is 0 Å². The van der Waals surface area contributed by atoms with Crippen molar-refractivity contribution in [3.8, 4) is 0 Å². The van der Waals surface area contributed by atoms with Gasteiger partial charge < -0.3 is 10.6 Å². The second kappa shape index (κ2) is 4.96. The molecule has 0 fully saturated rings. The van der Waals surface area contributed by atoms with E-state index in [1.54, 1.807) is 0 Å². The third-order valence-electron chi connectivity index (χ3n) is 3.10. The van der Waals surface area contributed by atoms with E-state index < -0.39 is 0 Å². The molecule has 90 valence electrons. The molecule has 3 rings (SSSR count). The van der Waals surface area contributed by atoms with Gasteiger partial charge in [0, 0.05) is 13.1 Å². The maximum atomic E-state index is 3.50. The Morgan fingerprint density at radius 3 is 1.33 bits per heavy atom. The van der Waals surface area contributed by atoms with Crippen LogP contribution in [0, 0.1) is 0 Å². The normalized spacial score (nSPS) is 14.9. The first-order valence-electron chi connectivity index (χ1n) is 6.28. The molecule has 2 heteroatoms. The van der Waals surface area contributed by atoms with Gasteiger partial charge in [0.05, 0.1) is 11.4 Å². The maximum Gasteiger partial charge on any atom is 0.0656 e. The van der Waals surface area contributed by atoms with Gasteiger partial charge in [-0.3, -0.25) is 0 Å². The van der Waals surface area contributed by atoms with Crippen molar-refractivity contribution in [2.75, 3.05) is 13.1 Å². The lowest BCUT2D eigenvalue weighted by Gasteiger charge is -2.24. The zero-order chi connectivity index (χ0) is 12.2. The van der Waals surface area contributed by atoms with Crippen molar-refractivity contribution in [1.82, 2.24) is 10.6 Å². The Balaban J connectivity index is 2.10. The molecule has 0 radical (unpaired) electrons. The van der Waals surface area contributed by atoms with Crippen LogP contribution in [0.2, 0.25) is 0 Å². The number of benzene rings is 2. The molecule has 2 aromatic rings. The summed E-state index contributed by atoms with van der Waals surface area (Å²) in [7, 11) is 0. The highest BCUT2D eigenvalue weighted by atomic mass is 15.0. The third-order valence-corrected chi connectivity index (χ3v) is 3.10. The van der Waals surface area contributed by atoms with E-state index in [1.807, 2.05) is 12.1 Å². The van der Waals surface area contributed by atoms with Crippen LogP contribution in [0.4, 0.5) is 0 Å². The number of rotatable bonds is 2. The fraction of sp³-hybridized carbons (Fsp3) is 0.125. The standard InChI is InChI=1S/C16H16N2/c1-3-7-13(8-4-1)15-16(18-12-11-17-15)14-9-5-2-6-10-14/h1-10,17-18H,11-12H2. The number of hydrogen-bond donors (Lipinski definition) is 2. The molecule has 2 nitrogen and oxygen atoms in total. The Bertz CT molecular complexity index is 492. The highest BCUT2D eigenvalue weighted by Gasteiger charge is 2.14. The van der Waals surface area contributed by atoms with Crippen LogP contribution < -0.4 is 10.6 Å². The molecule has 1 aliphatic heterocycles. The Morgan fingerprint density at radius 2 is 0.944 bits per heavy atom. The molecule has 0 spiro atoms. The van der Waals surface area contributed by atoms with Crippen molar-refractivity contribution < 1.29 is 0 Å². The smallest absolute Gasteiger partial charge is 0.0656 e. The summed E-state index contributed by atoms with van der Waals surface area (Å²) in [5.41, 5.74) is 4.83. The lowest BCUT2D eigenvalue weighted by molar-refractivity contribution is 0.754. The monoisotopic (exact) mass is 236 g/mol. The molecular formula is C16H16N2. The molecule has 0 unspecified atom stereocenters. The molecule has 0 bridgehead atoms. The van der Waals surface area contributed by atoms with Crippen molar-refractivity contribution in [3.05, 3.63) is 71.8 Å². The summed E-state index contributed by atoms with van der Waals surface area (Å²) in [6.45, 7) is 1.92. The van der Waals surface area contributed by atoms with Crippen LogP contribution in [0.15, 0.2) is 60.7 Å². The second-order valence-electron chi connectivity index (χ2n) is 4.34. The van der Waals surface area contributed by atoms with Gasteiger partial charge in [0.2, 0.25) is 0 Å². The van der Waals surface area contributed by atoms with E-state index in [9.17, 15) is 0 Å². The van der Waals surface area contributed by atoms with E-state index in [0.29, 0.717) is 0 Å². The molecule has 0 saturated carbocycles. The lowest BCUT2D eigenvalue weighted by atomic mass is 10.0. The highest BCUT2D eigenvalue weighted by Crippen LogP contribution is 2.23. The predicted octanol–water partition coefficient (Wildman–Crippen LogP) is 2.71. The van der Waals surface area contributed by atoms with Crippen LogP contribution in [-0.2, 0) is 0 Å². The van der Waals surface area contributed by atoms with Crippen LogP contribution in [0.1, 0.15) is 11.1 Å². The van der Waals surface area contributed by atoms with Crippen LogP contribution in [0.5, 0.6) is 0 Å². The molecular weight excluding hydrogens is 220 g/mol. The number of nitrogens with one attached hydrogen (secondary N) is 2. The minimum absolute atomic E-state index is 0.959. The fourth-order valence-electron chi connectivity index (χ4n) is 2.25. The van der Waals surface area contributed by atoms with Gasteiger partial charge in [-0.1, -0.05) is 60.7 Å². The zero-order valence-electron chi connectivity index (χ0n) is 10.2. The Kier molecular flexibility index (Phi) is 3.01. The molecule has 0 amide bonds. The first kappa shape index (κ1) is 10.9. The summed E-state index contributed by atoms with van der Waals surface area (Å²) in [5, 5.41) is 7.00. The predicted molar refractivity (Wildman–Crippen MR) is 75.7 cm³/mol. The van der Waals surface area contributed by atoms with E-state index >= 15 is 0 Å². The van der Waals surface area contributed by atoms with Gasteiger partial charge in [-0.2, -0.15) is 0 Å². The summed E-state index contributed by atoms with van der Waals surface area (Å²) >= 11 is 0. The van der Waals surface area contributed by atoms with Crippen molar-refractivity contribution in [3.63, 3.8) is 0 Å². The summed E-state index contributed by atoms with van der Waals surface area (Å²) in [5.74, 6) is 0. The molecule has 1 heterocycles. The molecule has 0 atom stereocenters.